The number of carbonyl (C=O) groups excluding carboxylic acids is 3. The van der Waals surface area contributed by atoms with Crippen LogP contribution in [0.25, 0.3) is 22.5 Å². The van der Waals surface area contributed by atoms with Gasteiger partial charge in [0.15, 0.2) is 0 Å². The van der Waals surface area contributed by atoms with Gasteiger partial charge in [-0.2, -0.15) is 18.4 Å². The molecule has 1 saturated heterocycles. The second kappa shape index (κ2) is 20.0. The first-order chi connectivity index (χ1) is 28.8. The Hall–Kier alpha value is -6.11. The van der Waals surface area contributed by atoms with Gasteiger partial charge >= 0.3 is 18.2 Å². The van der Waals surface area contributed by atoms with Crippen molar-refractivity contribution in [2.24, 2.45) is 17.6 Å². The molecular formula is C42H52F3N9O7. The fourth-order valence-corrected chi connectivity index (χ4v) is 7.35. The maximum atomic E-state index is 14.5. The standard InChI is InChI=1S/C40H51N9O5.C2HF3O2/c1-25-23-48(24-26(2)53-25)35-19-16-32(22-42-35)29-10-6-27(7-11-29)20-34(36(41)50)49(33-17-14-30(15-18-33)37-44-46-47-45-37)38(51)31-12-8-28(9-13-31)21-43-39(52)54-40(3,4)5;3-2(4,5)1(6)7/h6-7,10-11,14-19,22,25-26,28,31,34H,8-9,12-13,20-21,23-24H2,1-5H3,(H2,41,50)(H,43,52)(H,44,45,46,47);(H,6,7)/t25?,26?,28-,31-,34-;/m0./s1. The highest BCUT2D eigenvalue weighted by Crippen LogP contribution is 2.34. The number of pyridine rings is 1. The lowest BCUT2D eigenvalue weighted by molar-refractivity contribution is -0.192. The number of ether oxygens (including phenoxy) is 2. The molecule has 5 N–H and O–H groups in total. The van der Waals surface area contributed by atoms with Crippen molar-refractivity contribution in [1.82, 2.24) is 30.9 Å². The first kappa shape index (κ1) is 46.0. The number of benzene rings is 2. The molecule has 2 aliphatic rings. The number of anilines is 2. The molecule has 16 nitrogen and oxygen atoms in total. The molecule has 2 aromatic heterocycles. The zero-order valence-electron chi connectivity index (χ0n) is 34.7. The minimum atomic E-state index is -5.08. The number of morpholine rings is 1. The number of aromatic nitrogens is 5. The molecule has 328 valence electrons. The summed E-state index contributed by atoms with van der Waals surface area (Å²) in [5.41, 5.74) is 9.61. The van der Waals surface area contributed by atoms with E-state index in [-0.39, 0.29) is 36.4 Å². The van der Waals surface area contributed by atoms with Crippen LogP contribution in [0.4, 0.5) is 29.5 Å². The van der Waals surface area contributed by atoms with Crippen LogP contribution < -0.4 is 20.9 Å². The summed E-state index contributed by atoms with van der Waals surface area (Å²) in [5, 5.41) is 24.2. The Morgan fingerprint density at radius 3 is 2.03 bits per heavy atom. The summed E-state index contributed by atoms with van der Waals surface area (Å²) in [5.74, 6) is -2.28. The molecule has 0 spiro atoms. The highest BCUT2D eigenvalue weighted by atomic mass is 19.4. The van der Waals surface area contributed by atoms with E-state index in [0.717, 1.165) is 48.4 Å². The van der Waals surface area contributed by atoms with E-state index >= 15 is 0 Å². The lowest BCUT2D eigenvalue weighted by Crippen LogP contribution is -2.52. The van der Waals surface area contributed by atoms with Gasteiger partial charge in [0.2, 0.25) is 17.6 Å². The summed E-state index contributed by atoms with van der Waals surface area (Å²) < 4.78 is 43.0. The number of carbonyl (C=O) groups is 4. The van der Waals surface area contributed by atoms with Gasteiger partial charge in [0.1, 0.15) is 17.5 Å². The van der Waals surface area contributed by atoms with Gasteiger partial charge < -0.3 is 30.5 Å². The van der Waals surface area contributed by atoms with Gasteiger partial charge in [-0.3, -0.25) is 14.5 Å². The Bertz CT molecular complexity index is 2060. The molecule has 3 amide bonds. The second-order valence-electron chi connectivity index (χ2n) is 16.3. The highest BCUT2D eigenvalue weighted by molar-refractivity contribution is 6.01. The Morgan fingerprint density at radius 2 is 1.52 bits per heavy atom. The van der Waals surface area contributed by atoms with Gasteiger partial charge in [0, 0.05) is 55.0 Å². The quantitative estimate of drug-likeness (QED) is 0.138. The molecule has 3 atom stereocenters. The number of tetrazole rings is 1. The number of nitrogens with zero attached hydrogens (tertiary/aromatic N) is 6. The minimum Gasteiger partial charge on any atom is -0.475 e. The molecule has 19 heteroatoms. The smallest absolute Gasteiger partial charge is 0.475 e. The van der Waals surface area contributed by atoms with Crippen molar-refractivity contribution < 1.29 is 46.9 Å². The fraction of sp³-hybridized carbons (Fsp3) is 0.476. The number of amides is 3. The van der Waals surface area contributed by atoms with Crippen molar-refractivity contribution in [3.8, 4) is 22.5 Å². The molecule has 1 aliphatic heterocycles. The first-order valence-electron chi connectivity index (χ1n) is 20.0. The fourth-order valence-electron chi connectivity index (χ4n) is 7.35. The topological polar surface area (TPSA) is 219 Å². The summed E-state index contributed by atoms with van der Waals surface area (Å²) >= 11 is 0. The number of aromatic amines is 1. The summed E-state index contributed by atoms with van der Waals surface area (Å²) in [7, 11) is 0. The van der Waals surface area contributed by atoms with Crippen LogP contribution in [0, 0.1) is 11.8 Å². The Labute approximate surface area is 351 Å². The number of aliphatic carboxylic acids is 1. The van der Waals surface area contributed by atoms with Crippen LogP contribution in [0.15, 0.2) is 66.9 Å². The lowest BCUT2D eigenvalue weighted by atomic mass is 9.81. The zero-order valence-corrected chi connectivity index (χ0v) is 34.7. The molecule has 6 rings (SSSR count). The molecule has 3 heterocycles. The monoisotopic (exact) mass is 851 g/mol. The number of hydrogen-bond acceptors (Lipinski definition) is 11. The molecule has 1 saturated carbocycles. The Morgan fingerprint density at radius 1 is 0.934 bits per heavy atom. The van der Waals surface area contributed by atoms with Crippen LogP contribution in [-0.2, 0) is 30.3 Å². The molecular weight excluding hydrogens is 800 g/mol. The van der Waals surface area contributed by atoms with E-state index < -0.39 is 35.8 Å². The minimum absolute atomic E-state index is 0.143. The van der Waals surface area contributed by atoms with Gasteiger partial charge in [-0.05, 0) is 119 Å². The maximum Gasteiger partial charge on any atom is 0.490 e. The summed E-state index contributed by atoms with van der Waals surface area (Å²) in [6.07, 6.45) is -0.402. The lowest BCUT2D eigenvalue weighted by Gasteiger charge is -2.36. The third-order valence-electron chi connectivity index (χ3n) is 10.2. The summed E-state index contributed by atoms with van der Waals surface area (Å²) in [6.45, 7) is 11.7. The van der Waals surface area contributed by atoms with E-state index in [0.29, 0.717) is 36.5 Å². The second-order valence-corrected chi connectivity index (χ2v) is 16.3. The van der Waals surface area contributed by atoms with Gasteiger partial charge in [-0.25, -0.2) is 14.6 Å². The van der Waals surface area contributed by atoms with Crippen molar-refractivity contribution in [3.05, 3.63) is 72.4 Å². The number of alkyl carbamates (subject to hydrolysis) is 1. The predicted molar refractivity (Wildman–Crippen MR) is 219 cm³/mol. The summed E-state index contributed by atoms with van der Waals surface area (Å²) in [4.78, 5) is 57.4. The van der Waals surface area contributed by atoms with Crippen LogP contribution in [0.2, 0.25) is 0 Å². The van der Waals surface area contributed by atoms with Crippen LogP contribution in [0.3, 0.4) is 0 Å². The van der Waals surface area contributed by atoms with Crippen molar-refractivity contribution in [1.29, 1.82) is 0 Å². The Balaban J connectivity index is 0.000000925. The number of carboxylic acid groups (broad SMARTS) is 1. The molecule has 2 fully saturated rings. The van der Waals surface area contributed by atoms with Crippen molar-refractivity contribution in [3.63, 3.8) is 0 Å². The molecule has 2 unspecified atom stereocenters. The number of nitrogens with two attached hydrogens (primary N) is 1. The van der Waals surface area contributed by atoms with Gasteiger partial charge in [0.05, 0.1) is 12.2 Å². The van der Waals surface area contributed by atoms with Gasteiger partial charge in [0.25, 0.3) is 0 Å². The number of H-pyrrole nitrogens is 1. The van der Waals surface area contributed by atoms with E-state index in [9.17, 15) is 27.6 Å². The number of carboxylic acids is 1. The average molecular weight is 852 g/mol. The Kier molecular flexibility index (Phi) is 15.0. The molecule has 0 radical (unpaired) electrons. The molecule has 2 aromatic carbocycles. The maximum absolute atomic E-state index is 14.5. The normalized spacial score (nSPS) is 19.8. The van der Waals surface area contributed by atoms with E-state index in [1.807, 2.05) is 57.3 Å². The number of rotatable bonds is 11. The predicted octanol–water partition coefficient (Wildman–Crippen LogP) is 5.94. The highest BCUT2D eigenvalue weighted by Gasteiger charge is 2.38. The van der Waals surface area contributed by atoms with Crippen molar-refractivity contribution in [2.45, 2.75) is 96.7 Å². The zero-order chi connectivity index (χ0) is 44.5. The third-order valence-corrected chi connectivity index (χ3v) is 10.2. The average Bonchev–Trinajstić information content (AvgIpc) is 3.75. The number of primary amides is 1. The molecule has 0 bridgehead atoms. The molecule has 61 heavy (non-hydrogen) atoms. The molecule has 1 aliphatic carbocycles. The number of nitrogens with one attached hydrogen (secondary N) is 2. The van der Waals surface area contributed by atoms with E-state index in [2.05, 4.69) is 50.8 Å². The first-order valence-corrected chi connectivity index (χ1v) is 20.0. The van der Waals surface area contributed by atoms with Crippen LogP contribution in [0.5, 0.6) is 0 Å². The van der Waals surface area contributed by atoms with Gasteiger partial charge in [-0.1, -0.05) is 24.3 Å². The van der Waals surface area contributed by atoms with Gasteiger partial charge in [-0.15, -0.1) is 10.2 Å². The third kappa shape index (κ3) is 13.2. The van der Waals surface area contributed by atoms with Crippen molar-refractivity contribution in [2.75, 3.05) is 29.4 Å². The number of hydrogen-bond donors (Lipinski definition) is 4. The van der Waals surface area contributed by atoms with Crippen LogP contribution >= 0.6 is 0 Å². The summed E-state index contributed by atoms with van der Waals surface area (Å²) in [6, 6.07) is 18.3. The van der Waals surface area contributed by atoms with E-state index in [4.69, 9.17) is 30.1 Å². The largest absolute Gasteiger partial charge is 0.490 e. The van der Waals surface area contributed by atoms with E-state index in [1.54, 1.807) is 29.2 Å². The number of alkyl halides is 3. The van der Waals surface area contributed by atoms with E-state index in [1.165, 1.54) is 0 Å². The van der Waals surface area contributed by atoms with Crippen molar-refractivity contribution >= 4 is 35.4 Å². The SMILES string of the molecule is CC1CN(c2ccc(-c3ccc(C[C@@H](C(N)=O)N(c4ccc(-c5nn[nH]n5)cc4)C(=O)[C@H]4CC[C@H](CNC(=O)OC(C)(C)C)CC4)cc3)cn2)CC(C)O1.O=C(O)C(F)(F)F. The van der Waals surface area contributed by atoms with Crippen LogP contribution in [0.1, 0.15) is 65.9 Å². The molecule has 4 aromatic rings. The number of halogens is 3. The van der Waals surface area contributed by atoms with Crippen LogP contribution in [-0.4, -0.2) is 104 Å².